The number of rotatable bonds is 5. The second-order valence-electron chi connectivity index (χ2n) is 6.79. The Labute approximate surface area is 172 Å². The van der Waals surface area contributed by atoms with Gasteiger partial charge in [-0.15, -0.1) is 0 Å². The van der Waals surface area contributed by atoms with E-state index in [2.05, 4.69) is 10.1 Å². The van der Waals surface area contributed by atoms with E-state index in [9.17, 15) is 4.39 Å². The highest BCUT2D eigenvalue weighted by atomic mass is 35.5. The zero-order valence-corrected chi connectivity index (χ0v) is 16.7. The van der Waals surface area contributed by atoms with Crippen molar-refractivity contribution >= 4 is 11.6 Å². The lowest BCUT2D eigenvalue weighted by Crippen LogP contribution is -1.96. The van der Waals surface area contributed by atoms with Crippen LogP contribution in [0.2, 0.25) is 5.02 Å². The molecule has 0 aliphatic rings. The summed E-state index contributed by atoms with van der Waals surface area (Å²) < 4.78 is 24.3. The average molecular weight is 409 g/mol. The van der Waals surface area contributed by atoms with Crippen LogP contribution in [0.4, 0.5) is 4.39 Å². The van der Waals surface area contributed by atoms with Gasteiger partial charge < -0.3 is 9.26 Å². The van der Waals surface area contributed by atoms with Gasteiger partial charge in [-0.2, -0.15) is 4.98 Å². The Morgan fingerprint density at radius 2 is 1.55 bits per heavy atom. The third kappa shape index (κ3) is 4.30. The highest BCUT2D eigenvalue weighted by Crippen LogP contribution is 2.27. The van der Waals surface area contributed by atoms with Crippen molar-refractivity contribution in [3.05, 3.63) is 88.2 Å². The molecule has 0 fully saturated rings. The fraction of sp³-hybridized carbons (Fsp3) is 0.130. The van der Waals surface area contributed by atoms with Crippen molar-refractivity contribution in [3.63, 3.8) is 0 Å². The van der Waals surface area contributed by atoms with Crippen LogP contribution >= 0.6 is 11.6 Å². The summed E-state index contributed by atoms with van der Waals surface area (Å²) in [6.07, 6.45) is 0. The molecular formula is C23H18ClFN2O2. The zero-order chi connectivity index (χ0) is 20.4. The molecule has 0 aliphatic carbocycles. The van der Waals surface area contributed by atoms with E-state index in [0.29, 0.717) is 23.9 Å². The Morgan fingerprint density at radius 3 is 2.21 bits per heavy atom. The Bertz CT molecular complexity index is 1120. The summed E-state index contributed by atoms with van der Waals surface area (Å²) in [5.74, 6) is 1.30. The van der Waals surface area contributed by atoms with Crippen LogP contribution < -0.4 is 4.74 Å². The fourth-order valence-electron chi connectivity index (χ4n) is 2.96. The van der Waals surface area contributed by atoms with Crippen molar-refractivity contribution in [1.82, 2.24) is 10.1 Å². The van der Waals surface area contributed by atoms with E-state index >= 15 is 0 Å². The summed E-state index contributed by atoms with van der Waals surface area (Å²) in [6.45, 7) is 4.36. The topological polar surface area (TPSA) is 48.2 Å². The maximum atomic E-state index is 13.1. The van der Waals surface area contributed by atoms with Gasteiger partial charge in [-0.3, -0.25) is 0 Å². The molecule has 0 bridgehead atoms. The standard InChI is InChI=1S/C23H18ClFN2O2/c1-14-11-20(12-15(2)21(14)24)28-13-16-3-5-18(6-4-16)23-26-22(27-29-23)17-7-9-19(25)10-8-17/h3-12H,13H2,1-2H3. The van der Waals surface area contributed by atoms with Gasteiger partial charge in [0.1, 0.15) is 18.2 Å². The molecule has 0 amide bonds. The first-order valence-electron chi connectivity index (χ1n) is 9.08. The SMILES string of the molecule is Cc1cc(OCc2ccc(-c3nc(-c4ccc(F)cc4)no3)cc2)cc(C)c1Cl. The Kier molecular flexibility index (Phi) is 5.32. The van der Waals surface area contributed by atoms with Crippen LogP contribution in [0.5, 0.6) is 5.75 Å². The molecular weight excluding hydrogens is 391 g/mol. The minimum absolute atomic E-state index is 0.306. The summed E-state index contributed by atoms with van der Waals surface area (Å²) in [7, 11) is 0. The largest absolute Gasteiger partial charge is 0.489 e. The molecule has 1 heterocycles. The van der Waals surface area contributed by atoms with Gasteiger partial charge in [0.2, 0.25) is 5.82 Å². The molecule has 0 saturated heterocycles. The van der Waals surface area contributed by atoms with Crippen molar-refractivity contribution in [2.75, 3.05) is 0 Å². The molecule has 4 aromatic rings. The van der Waals surface area contributed by atoms with Gasteiger partial charge in [0.05, 0.1) is 0 Å². The summed E-state index contributed by atoms with van der Waals surface area (Å²) in [6, 6.07) is 17.5. The van der Waals surface area contributed by atoms with E-state index in [0.717, 1.165) is 33.0 Å². The molecule has 0 atom stereocenters. The highest BCUT2D eigenvalue weighted by molar-refractivity contribution is 6.32. The maximum absolute atomic E-state index is 13.1. The molecule has 0 saturated carbocycles. The normalized spacial score (nSPS) is 10.9. The predicted octanol–water partition coefficient (Wildman–Crippen LogP) is 6.39. The summed E-state index contributed by atoms with van der Waals surface area (Å²) in [5, 5.41) is 4.74. The molecule has 0 N–H and O–H groups in total. The molecule has 0 radical (unpaired) electrons. The molecule has 4 rings (SSSR count). The molecule has 4 nitrogen and oxygen atoms in total. The van der Waals surface area contributed by atoms with Crippen molar-refractivity contribution in [2.24, 2.45) is 0 Å². The molecule has 0 aliphatic heterocycles. The number of ether oxygens (including phenoxy) is 1. The van der Waals surface area contributed by atoms with Crippen LogP contribution in [-0.2, 0) is 6.61 Å². The molecule has 3 aromatic carbocycles. The molecule has 29 heavy (non-hydrogen) atoms. The number of hydrogen-bond acceptors (Lipinski definition) is 4. The van der Waals surface area contributed by atoms with Crippen LogP contribution in [-0.4, -0.2) is 10.1 Å². The van der Waals surface area contributed by atoms with Crippen LogP contribution in [0.3, 0.4) is 0 Å². The lowest BCUT2D eigenvalue weighted by Gasteiger charge is -2.10. The van der Waals surface area contributed by atoms with Crippen LogP contribution in [0.15, 0.2) is 65.2 Å². The van der Waals surface area contributed by atoms with Crippen molar-refractivity contribution < 1.29 is 13.7 Å². The number of halogens is 2. The minimum Gasteiger partial charge on any atom is -0.489 e. The predicted molar refractivity (Wildman–Crippen MR) is 110 cm³/mol. The first kappa shape index (κ1) is 19.2. The minimum atomic E-state index is -0.306. The molecule has 0 spiro atoms. The Hall–Kier alpha value is -3.18. The van der Waals surface area contributed by atoms with E-state index in [4.69, 9.17) is 20.9 Å². The molecule has 146 valence electrons. The van der Waals surface area contributed by atoms with Gasteiger partial charge in [-0.25, -0.2) is 4.39 Å². The smallest absolute Gasteiger partial charge is 0.258 e. The molecule has 6 heteroatoms. The van der Waals surface area contributed by atoms with Crippen LogP contribution in [0, 0.1) is 19.7 Å². The van der Waals surface area contributed by atoms with Gasteiger partial charge in [0.15, 0.2) is 0 Å². The first-order chi connectivity index (χ1) is 14.0. The maximum Gasteiger partial charge on any atom is 0.258 e. The van der Waals surface area contributed by atoms with Gasteiger partial charge >= 0.3 is 0 Å². The summed E-state index contributed by atoms with van der Waals surface area (Å²) in [4.78, 5) is 4.39. The monoisotopic (exact) mass is 408 g/mol. The molecule has 1 aromatic heterocycles. The van der Waals surface area contributed by atoms with E-state index in [1.54, 1.807) is 12.1 Å². The highest BCUT2D eigenvalue weighted by Gasteiger charge is 2.11. The summed E-state index contributed by atoms with van der Waals surface area (Å²) in [5.41, 5.74) is 4.49. The summed E-state index contributed by atoms with van der Waals surface area (Å²) >= 11 is 6.20. The number of nitrogens with zero attached hydrogens (tertiary/aromatic N) is 2. The molecule has 0 unspecified atom stereocenters. The zero-order valence-electron chi connectivity index (χ0n) is 15.9. The van der Waals surface area contributed by atoms with E-state index in [1.807, 2.05) is 50.2 Å². The van der Waals surface area contributed by atoms with Crippen molar-refractivity contribution in [2.45, 2.75) is 20.5 Å². The Balaban J connectivity index is 1.45. The van der Waals surface area contributed by atoms with E-state index < -0.39 is 0 Å². The lowest BCUT2D eigenvalue weighted by atomic mass is 10.1. The lowest BCUT2D eigenvalue weighted by molar-refractivity contribution is 0.306. The number of hydrogen-bond donors (Lipinski definition) is 0. The van der Waals surface area contributed by atoms with Gasteiger partial charge in [-0.05, 0) is 79.1 Å². The Morgan fingerprint density at radius 1 is 0.931 bits per heavy atom. The van der Waals surface area contributed by atoms with E-state index in [1.165, 1.54) is 12.1 Å². The first-order valence-corrected chi connectivity index (χ1v) is 9.46. The number of aryl methyl sites for hydroxylation is 2. The third-order valence-corrected chi connectivity index (χ3v) is 5.14. The van der Waals surface area contributed by atoms with Gasteiger partial charge in [-0.1, -0.05) is 28.9 Å². The second kappa shape index (κ2) is 8.05. The van der Waals surface area contributed by atoms with Gasteiger partial charge in [0, 0.05) is 16.1 Å². The second-order valence-corrected chi connectivity index (χ2v) is 7.16. The fourth-order valence-corrected chi connectivity index (χ4v) is 3.07. The number of benzene rings is 3. The number of aromatic nitrogens is 2. The van der Waals surface area contributed by atoms with Gasteiger partial charge in [0.25, 0.3) is 5.89 Å². The quantitative estimate of drug-likeness (QED) is 0.383. The van der Waals surface area contributed by atoms with Crippen LogP contribution in [0.25, 0.3) is 22.8 Å². The average Bonchev–Trinajstić information content (AvgIpc) is 3.21. The van der Waals surface area contributed by atoms with Crippen molar-refractivity contribution in [3.8, 4) is 28.6 Å². The van der Waals surface area contributed by atoms with Crippen molar-refractivity contribution in [1.29, 1.82) is 0 Å². The van der Waals surface area contributed by atoms with Crippen LogP contribution in [0.1, 0.15) is 16.7 Å². The van der Waals surface area contributed by atoms with E-state index in [-0.39, 0.29) is 5.82 Å². The third-order valence-electron chi connectivity index (χ3n) is 4.54.